The molecule has 2 aliphatic rings. The lowest BCUT2D eigenvalue weighted by molar-refractivity contribution is 0.124. The Hall–Kier alpha value is -2.04. The number of nitrogens with two attached hydrogens (primary N) is 1. The molecule has 1 heterocycles. The first-order valence-corrected chi connectivity index (χ1v) is 10.4. The first-order valence-electron chi connectivity index (χ1n) is 10.1. The van der Waals surface area contributed by atoms with Crippen molar-refractivity contribution in [2.75, 3.05) is 13.2 Å². The molecule has 1 saturated carbocycles. The number of ether oxygens (including phenoxy) is 1. The van der Waals surface area contributed by atoms with E-state index in [1.807, 2.05) is 53.4 Å². The molecule has 2 aromatic carbocycles. The minimum Gasteiger partial charge on any atom is -0.447 e. The highest BCUT2D eigenvalue weighted by atomic mass is 35.5. The first kappa shape index (κ1) is 20.7. The largest absolute Gasteiger partial charge is 0.447 e. The molecule has 0 radical (unpaired) electrons. The minimum atomic E-state index is -0.132. The Morgan fingerprint density at radius 2 is 1.57 bits per heavy atom. The Morgan fingerprint density at radius 1 is 0.964 bits per heavy atom. The van der Waals surface area contributed by atoms with Gasteiger partial charge in [-0.2, -0.15) is 0 Å². The smallest absolute Gasteiger partial charge is 0.410 e. The van der Waals surface area contributed by atoms with Gasteiger partial charge in [-0.3, -0.25) is 4.90 Å². The SMILES string of the molecule is Clc1ccccc1.NCC1CCC(N2C(=O)OCC2Cc2ccccc2)CC1. The summed E-state index contributed by atoms with van der Waals surface area (Å²) in [6, 6.07) is 20.3. The summed E-state index contributed by atoms with van der Waals surface area (Å²) in [7, 11) is 0. The van der Waals surface area contributed by atoms with Crippen LogP contribution in [0.15, 0.2) is 60.7 Å². The molecule has 0 aromatic heterocycles. The normalized spacial score (nSPS) is 24.3. The van der Waals surface area contributed by atoms with Crippen molar-refractivity contribution in [3.05, 3.63) is 71.2 Å². The second-order valence-corrected chi connectivity index (χ2v) is 7.97. The fourth-order valence-corrected chi connectivity index (χ4v) is 4.18. The molecule has 2 aromatic rings. The molecule has 28 heavy (non-hydrogen) atoms. The second-order valence-electron chi connectivity index (χ2n) is 7.53. The molecule has 1 aliphatic heterocycles. The van der Waals surface area contributed by atoms with Crippen LogP contribution in [-0.2, 0) is 11.2 Å². The van der Waals surface area contributed by atoms with Crippen LogP contribution in [0.5, 0.6) is 0 Å². The predicted octanol–water partition coefficient (Wildman–Crippen LogP) is 4.91. The van der Waals surface area contributed by atoms with Crippen LogP contribution in [-0.4, -0.2) is 36.2 Å². The third-order valence-electron chi connectivity index (χ3n) is 5.59. The average Bonchev–Trinajstić information content (AvgIpc) is 3.10. The van der Waals surface area contributed by atoms with E-state index in [4.69, 9.17) is 22.1 Å². The minimum absolute atomic E-state index is 0.132. The molecule has 1 saturated heterocycles. The summed E-state index contributed by atoms with van der Waals surface area (Å²) in [6.07, 6.45) is 5.12. The lowest BCUT2D eigenvalue weighted by atomic mass is 9.85. The van der Waals surface area contributed by atoms with Crippen LogP contribution in [0.1, 0.15) is 31.2 Å². The van der Waals surface area contributed by atoms with Gasteiger partial charge in [0, 0.05) is 11.1 Å². The van der Waals surface area contributed by atoms with Crippen LogP contribution >= 0.6 is 11.6 Å². The zero-order valence-corrected chi connectivity index (χ0v) is 16.9. The lowest BCUT2D eigenvalue weighted by Crippen LogP contribution is -2.45. The van der Waals surface area contributed by atoms with E-state index in [0.29, 0.717) is 18.6 Å². The number of hydrogen-bond donors (Lipinski definition) is 1. The van der Waals surface area contributed by atoms with E-state index in [0.717, 1.165) is 43.7 Å². The molecular formula is C23H29ClN2O2. The predicted molar refractivity (Wildman–Crippen MR) is 113 cm³/mol. The first-order chi connectivity index (χ1) is 13.7. The van der Waals surface area contributed by atoms with Crippen molar-refractivity contribution in [3.63, 3.8) is 0 Å². The van der Waals surface area contributed by atoms with Crippen molar-refractivity contribution in [2.24, 2.45) is 11.7 Å². The molecule has 2 fully saturated rings. The van der Waals surface area contributed by atoms with Crippen molar-refractivity contribution in [2.45, 2.75) is 44.2 Å². The highest BCUT2D eigenvalue weighted by Gasteiger charge is 2.39. The molecule has 4 nitrogen and oxygen atoms in total. The van der Waals surface area contributed by atoms with Gasteiger partial charge in [0.15, 0.2) is 0 Å². The maximum Gasteiger partial charge on any atom is 0.410 e. The number of rotatable bonds is 4. The Bertz CT molecular complexity index is 718. The molecule has 1 amide bonds. The van der Waals surface area contributed by atoms with E-state index in [9.17, 15) is 4.79 Å². The van der Waals surface area contributed by atoms with Gasteiger partial charge in [-0.15, -0.1) is 0 Å². The number of halogens is 1. The van der Waals surface area contributed by atoms with Gasteiger partial charge in [-0.25, -0.2) is 4.79 Å². The van der Waals surface area contributed by atoms with Crippen molar-refractivity contribution in [1.82, 2.24) is 4.90 Å². The van der Waals surface area contributed by atoms with Gasteiger partial charge in [-0.05, 0) is 62.3 Å². The van der Waals surface area contributed by atoms with Crippen LogP contribution in [0.3, 0.4) is 0 Å². The van der Waals surface area contributed by atoms with Gasteiger partial charge < -0.3 is 10.5 Å². The Labute approximate surface area is 172 Å². The molecule has 150 valence electrons. The maximum absolute atomic E-state index is 12.1. The zero-order valence-electron chi connectivity index (χ0n) is 16.2. The third-order valence-corrected chi connectivity index (χ3v) is 5.85. The van der Waals surface area contributed by atoms with Gasteiger partial charge in [0.1, 0.15) is 6.61 Å². The molecule has 5 heteroatoms. The van der Waals surface area contributed by atoms with Gasteiger partial charge in [0.25, 0.3) is 0 Å². The summed E-state index contributed by atoms with van der Waals surface area (Å²) >= 11 is 5.54. The number of amides is 1. The number of carbonyl (C=O) groups is 1. The van der Waals surface area contributed by atoms with Gasteiger partial charge in [-0.1, -0.05) is 60.1 Å². The average molecular weight is 401 g/mol. The molecule has 4 rings (SSSR count). The van der Waals surface area contributed by atoms with E-state index in [1.165, 1.54) is 5.56 Å². The molecular weight excluding hydrogens is 372 g/mol. The molecule has 1 aliphatic carbocycles. The lowest BCUT2D eigenvalue weighted by Gasteiger charge is -2.35. The van der Waals surface area contributed by atoms with Crippen LogP contribution in [0.4, 0.5) is 4.79 Å². The zero-order chi connectivity index (χ0) is 19.8. The topological polar surface area (TPSA) is 55.6 Å². The number of cyclic esters (lactones) is 1. The van der Waals surface area contributed by atoms with Crippen molar-refractivity contribution in [3.8, 4) is 0 Å². The second kappa shape index (κ2) is 10.5. The molecule has 1 unspecified atom stereocenters. The quantitative estimate of drug-likeness (QED) is 0.793. The fraction of sp³-hybridized carbons (Fsp3) is 0.435. The van der Waals surface area contributed by atoms with Gasteiger partial charge in [0.2, 0.25) is 0 Å². The van der Waals surface area contributed by atoms with Gasteiger partial charge >= 0.3 is 6.09 Å². The van der Waals surface area contributed by atoms with E-state index >= 15 is 0 Å². The summed E-state index contributed by atoms with van der Waals surface area (Å²) in [5.41, 5.74) is 7.02. The number of benzene rings is 2. The van der Waals surface area contributed by atoms with Gasteiger partial charge in [0.05, 0.1) is 6.04 Å². The maximum atomic E-state index is 12.1. The highest BCUT2D eigenvalue weighted by molar-refractivity contribution is 6.30. The van der Waals surface area contributed by atoms with Crippen LogP contribution in [0, 0.1) is 5.92 Å². The number of hydrogen-bond acceptors (Lipinski definition) is 3. The molecule has 1 atom stereocenters. The molecule has 0 spiro atoms. The van der Waals surface area contributed by atoms with E-state index in [2.05, 4.69) is 12.1 Å². The van der Waals surface area contributed by atoms with Crippen molar-refractivity contribution in [1.29, 1.82) is 0 Å². The summed E-state index contributed by atoms with van der Waals surface area (Å²) in [5, 5.41) is 0.794. The Morgan fingerprint density at radius 3 is 2.11 bits per heavy atom. The summed E-state index contributed by atoms with van der Waals surface area (Å²) in [6.45, 7) is 1.29. The fourth-order valence-electron chi connectivity index (χ4n) is 4.04. The van der Waals surface area contributed by atoms with Crippen LogP contribution < -0.4 is 5.73 Å². The van der Waals surface area contributed by atoms with Crippen molar-refractivity contribution >= 4 is 17.7 Å². The summed E-state index contributed by atoms with van der Waals surface area (Å²) in [5.74, 6) is 0.632. The van der Waals surface area contributed by atoms with E-state index < -0.39 is 0 Å². The van der Waals surface area contributed by atoms with Crippen LogP contribution in [0.25, 0.3) is 0 Å². The number of nitrogens with zero attached hydrogens (tertiary/aromatic N) is 1. The molecule has 0 bridgehead atoms. The Balaban J connectivity index is 0.000000271. The molecule has 2 N–H and O–H groups in total. The monoisotopic (exact) mass is 400 g/mol. The Kier molecular flexibility index (Phi) is 7.75. The third kappa shape index (κ3) is 5.73. The summed E-state index contributed by atoms with van der Waals surface area (Å²) < 4.78 is 5.32. The van der Waals surface area contributed by atoms with Crippen LogP contribution in [0.2, 0.25) is 5.02 Å². The summed E-state index contributed by atoms with van der Waals surface area (Å²) in [4.78, 5) is 14.1. The highest BCUT2D eigenvalue weighted by Crippen LogP contribution is 2.31. The van der Waals surface area contributed by atoms with Crippen molar-refractivity contribution < 1.29 is 9.53 Å². The standard InChI is InChI=1S/C17H24N2O2.C6H5Cl/c18-11-14-6-8-15(9-7-14)19-16(12-21-17(19)20)10-13-4-2-1-3-5-13;7-6-4-2-1-3-5-6/h1-5,14-16H,6-12,18H2;1-5H. The number of carbonyl (C=O) groups excluding carboxylic acids is 1. The van der Waals surface area contributed by atoms with E-state index in [-0.39, 0.29) is 12.1 Å². The van der Waals surface area contributed by atoms with E-state index in [1.54, 1.807) is 0 Å².